The Hall–Kier alpha value is -1.36. The molecule has 0 radical (unpaired) electrons. The molecule has 1 aromatic carbocycles. The maximum Gasteiger partial charge on any atom is 0.119 e. The molecule has 3 saturated carbocycles. The third kappa shape index (κ3) is 3.45. The molecule has 5 rings (SSSR count). The van der Waals surface area contributed by atoms with Gasteiger partial charge >= 0.3 is 0 Å². The molecule has 0 bridgehead atoms. The highest BCUT2D eigenvalue weighted by molar-refractivity contribution is 5.37. The quantitative estimate of drug-likeness (QED) is 0.449. The molecule has 1 aromatic rings. The van der Waals surface area contributed by atoms with Crippen LogP contribution in [0.1, 0.15) is 77.2 Å². The maximum absolute atomic E-state index is 12.0. The number of nitrogens with two attached hydrogens (primary N) is 1. The van der Waals surface area contributed by atoms with Crippen molar-refractivity contribution in [2.75, 3.05) is 13.2 Å². The second-order valence-electron chi connectivity index (χ2n) is 11.6. The van der Waals surface area contributed by atoms with Crippen LogP contribution in [0, 0.1) is 28.6 Å². The summed E-state index contributed by atoms with van der Waals surface area (Å²) in [7, 11) is 0. The van der Waals surface area contributed by atoms with Crippen LogP contribution in [0.4, 0.5) is 0 Å². The lowest BCUT2D eigenvalue weighted by Gasteiger charge is -2.59. The molecular weight excluding hydrogens is 398 g/mol. The van der Waals surface area contributed by atoms with Gasteiger partial charge in [0.15, 0.2) is 0 Å². The van der Waals surface area contributed by atoms with Crippen LogP contribution in [0.2, 0.25) is 0 Å². The standard InChI is InChI=1S/C28H41NO3/c1-26-13-12-24-22(23(26)9-10-25(26)30)8-7-19-11-14-28(31,18-27(19,24)2)20-5-3-6-21(17-20)32-16-4-15-29/h3,5-6,11,17,22-25,30-31H,4,7-10,12-16,18,29H2,1-2H3/t22-,23-,24+,25?,26-,27-,28?/m0/s1. The summed E-state index contributed by atoms with van der Waals surface area (Å²) >= 11 is 0. The molecule has 4 aliphatic carbocycles. The van der Waals surface area contributed by atoms with E-state index in [1.165, 1.54) is 19.3 Å². The molecule has 0 heterocycles. The van der Waals surface area contributed by atoms with E-state index in [9.17, 15) is 10.2 Å². The number of benzene rings is 1. The van der Waals surface area contributed by atoms with E-state index in [2.05, 4.69) is 26.0 Å². The summed E-state index contributed by atoms with van der Waals surface area (Å²) in [5.74, 6) is 2.71. The van der Waals surface area contributed by atoms with Crippen molar-refractivity contribution in [2.45, 2.75) is 83.3 Å². The largest absolute Gasteiger partial charge is 0.494 e. The molecule has 2 unspecified atom stereocenters. The summed E-state index contributed by atoms with van der Waals surface area (Å²) in [6.07, 6.45) is 11.3. The number of aliphatic hydroxyl groups excluding tert-OH is 1. The molecule has 0 aliphatic heterocycles. The number of aliphatic hydroxyl groups is 2. The van der Waals surface area contributed by atoms with Crippen LogP contribution >= 0.6 is 0 Å². The minimum atomic E-state index is -0.858. The van der Waals surface area contributed by atoms with Crippen LogP contribution in [0.15, 0.2) is 35.9 Å². The molecule has 32 heavy (non-hydrogen) atoms. The smallest absolute Gasteiger partial charge is 0.119 e. The summed E-state index contributed by atoms with van der Waals surface area (Å²) in [6.45, 7) is 5.99. The molecular formula is C28H41NO3. The van der Waals surface area contributed by atoms with Crippen LogP contribution in [-0.2, 0) is 5.60 Å². The third-order valence-corrected chi connectivity index (χ3v) is 10.0. The molecule has 0 aromatic heterocycles. The number of hydrogen-bond acceptors (Lipinski definition) is 4. The van der Waals surface area contributed by atoms with Gasteiger partial charge in [-0.05, 0) is 111 Å². The number of ether oxygens (including phenoxy) is 1. The first-order chi connectivity index (χ1) is 15.3. The van der Waals surface area contributed by atoms with Crippen LogP contribution in [0.5, 0.6) is 5.75 Å². The first-order valence-corrected chi connectivity index (χ1v) is 12.8. The van der Waals surface area contributed by atoms with Crippen molar-refractivity contribution in [2.24, 2.45) is 34.3 Å². The van der Waals surface area contributed by atoms with E-state index >= 15 is 0 Å². The van der Waals surface area contributed by atoms with E-state index in [0.29, 0.717) is 37.3 Å². The average Bonchev–Trinajstić information content (AvgIpc) is 3.08. The zero-order chi connectivity index (χ0) is 22.6. The second kappa shape index (κ2) is 8.14. The van der Waals surface area contributed by atoms with Crippen molar-refractivity contribution in [3.63, 3.8) is 0 Å². The first kappa shape index (κ1) is 22.4. The summed E-state index contributed by atoms with van der Waals surface area (Å²) < 4.78 is 5.88. The number of allylic oxidation sites excluding steroid dienone is 1. The monoisotopic (exact) mass is 439 g/mol. The van der Waals surface area contributed by atoms with Gasteiger partial charge < -0.3 is 20.7 Å². The van der Waals surface area contributed by atoms with E-state index in [1.54, 1.807) is 5.57 Å². The SMILES string of the molecule is C[C@]12CC(O)(c3cccc(OCCCN)c3)CC=C1CC[C@@H]1[C@H]2CC[C@]2(C)C(O)CC[C@@H]12. The molecule has 0 spiro atoms. The van der Waals surface area contributed by atoms with Gasteiger partial charge in [-0.1, -0.05) is 37.6 Å². The second-order valence-corrected chi connectivity index (χ2v) is 11.6. The number of hydrogen-bond donors (Lipinski definition) is 3. The lowest BCUT2D eigenvalue weighted by atomic mass is 9.46. The minimum Gasteiger partial charge on any atom is -0.494 e. The number of rotatable bonds is 5. The van der Waals surface area contributed by atoms with Gasteiger partial charge in [0.2, 0.25) is 0 Å². The molecule has 4 N–H and O–H groups in total. The minimum absolute atomic E-state index is 0.0290. The molecule has 7 atom stereocenters. The van der Waals surface area contributed by atoms with Crippen molar-refractivity contribution in [3.8, 4) is 5.75 Å². The van der Waals surface area contributed by atoms with Gasteiger partial charge in [0, 0.05) is 0 Å². The van der Waals surface area contributed by atoms with E-state index < -0.39 is 5.60 Å². The van der Waals surface area contributed by atoms with Gasteiger partial charge in [-0.15, -0.1) is 0 Å². The van der Waals surface area contributed by atoms with Gasteiger partial charge in [-0.3, -0.25) is 0 Å². The molecule has 0 amide bonds. The highest BCUT2D eigenvalue weighted by atomic mass is 16.5. The van der Waals surface area contributed by atoms with Gasteiger partial charge in [-0.2, -0.15) is 0 Å². The molecule has 0 saturated heterocycles. The zero-order valence-corrected chi connectivity index (χ0v) is 19.9. The summed E-state index contributed by atoms with van der Waals surface area (Å²) in [4.78, 5) is 0. The first-order valence-electron chi connectivity index (χ1n) is 12.8. The Morgan fingerprint density at radius 3 is 2.78 bits per heavy atom. The Morgan fingerprint density at radius 1 is 1.12 bits per heavy atom. The number of fused-ring (bicyclic) bond motifs is 5. The predicted octanol–water partition coefficient (Wildman–Crippen LogP) is 4.93. The van der Waals surface area contributed by atoms with Crippen molar-refractivity contribution >= 4 is 0 Å². The van der Waals surface area contributed by atoms with E-state index in [1.807, 2.05) is 18.2 Å². The fourth-order valence-corrected chi connectivity index (χ4v) is 8.22. The predicted molar refractivity (Wildman–Crippen MR) is 127 cm³/mol. The van der Waals surface area contributed by atoms with Gasteiger partial charge in [0.25, 0.3) is 0 Å². The Bertz CT molecular complexity index is 883. The van der Waals surface area contributed by atoms with Crippen LogP contribution in [0.25, 0.3) is 0 Å². The van der Waals surface area contributed by atoms with Crippen LogP contribution in [-0.4, -0.2) is 29.5 Å². The maximum atomic E-state index is 12.0. The molecule has 4 aliphatic rings. The molecule has 4 heteroatoms. The van der Waals surface area contributed by atoms with Gasteiger partial charge in [0.1, 0.15) is 5.75 Å². The highest BCUT2D eigenvalue weighted by Gasteiger charge is 2.60. The summed E-state index contributed by atoms with van der Waals surface area (Å²) in [6, 6.07) is 8.06. The fraction of sp³-hybridized carbons (Fsp3) is 0.714. The van der Waals surface area contributed by atoms with E-state index in [4.69, 9.17) is 10.5 Å². The molecule has 176 valence electrons. The van der Waals surface area contributed by atoms with Gasteiger partial charge in [-0.25, -0.2) is 0 Å². The van der Waals surface area contributed by atoms with Crippen molar-refractivity contribution in [3.05, 3.63) is 41.5 Å². The summed E-state index contributed by atoms with van der Waals surface area (Å²) in [5, 5.41) is 22.7. The Labute approximate surface area is 193 Å². The highest BCUT2D eigenvalue weighted by Crippen LogP contribution is 2.66. The molecule has 3 fully saturated rings. The lowest BCUT2D eigenvalue weighted by molar-refractivity contribution is -0.101. The lowest BCUT2D eigenvalue weighted by Crippen LogP contribution is -2.53. The van der Waals surface area contributed by atoms with Crippen molar-refractivity contribution in [1.82, 2.24) is 0 Å². The van der Waals surface area contributed by atoms with Crippen LogP contribution < -0.4 is 10.5 Å². The fourth-order valence-electron chi connectivity index (χ4n) is 8.22. The van der Waals surface area contributed by atoms with Crippen LogP contribution in [0.3, 0.4) is 0 Å². The Morgan fingerprint density at radius 2 is 1.97 bits per heavy atom. The van der Waals surface area contributed by atoms with Crippen molar-refractivity contribution in [1.29, 1.82) is 0 Å². The normalized spacial score (nSPS) is 43.1. The summed E-state index contributed by atoms with van der Waals surface area (Å²) in [5.41, 5.74) is 7.41. The van der Waals surface area contributed by atoms with E-state index in [-0.39, 0.29) is 16.9 Å². The average molecular weight is 440 g/mol. The zero-order valence-electron chi connectivity index (χ0n) is 19.9. The molecule has 4 nitrogen and oxygen atoms in total. The van der Waals surface area contributed by atoms with Crippen molar-refractivity contribution < 1.29 is 14.9 Å². The Kier molecular flexibility index (Phi) is 5.71. The van der Waals surface area contributed by atoms with Gasteiger partial charge in [0.05, 0.1) is 18.3 Å². The third-order valence-electron chi connectivity index (χ3n) is 10.0. The topological polar surface area (TPSA) is 75.7 Å². The van der Waals surface area contributed by atoms with E-state index in [0.717, 1.165) is 43.4 Å². The Balaban J connectivity index is 1.42.